The number of aliphatic imine (C=N–C) groups is 1. The van der Waals surface area contributed by atoms with Gasteiger partial charge in [-0.1, -0.05) is 5.16 Å². The van der Waals surface area contributed by atoms with Gasteiger partial charge in [-0.25, -0.2) is 0 Å². The van der Waals surface area contributed by atoms with Crippen LogP contribution >= 0.6 is 35.3 Å². The van der Waals surface area contributed by atoms with Crippen LogP contribution in [0.25, 0.3) is 0 Å². The van der Waals surface area contributed by atoms with Gasteiger partial charge in [0.15, 0.2) is 11.8 Å². The van der Waals surface area contributed by atoms with Gasteiger partial charge in [-0.05, 0) is 44.2 Å². The minimum absolute atomic E-state index is 0. The van der Waals surface area contributed by atoms with Crippen LogP contribution < -0.4 is 15.5 Å². The van der Waals surface area contributed by atoms with E-state index < -0.39 is 0 Å². The van der Waals surface area contributed by atoms with Crippen molar-refractivity contribution in [3.63, 3.8) is 0 Å². The van der Waals surface area contributed by atoms with Crippen molar-refractivity contribution in [3.8, 4) is 0 Å². The first-order valence-corrected chi connectivity index (χ1v) is 10.3. The Balaban J connectivity index is 0.00000280. The molecule has 0 aromatic carbocycles. The molecule has 1 unspecified atom stereocenters. The Morgan fingerprint density at radius 2 is 2.25 bits per heavy atom. The molecule has 0 spiro atoms. The van der Waals surface area contributed by atoms with Crippen LogP contribution in [0.1, 0.15) is 44.5 Å². The molecule has 1 fully saturated rings. The van der Waals surface area contributed by atoms with Crippen molar-refractivity contribution in [2.75, 3.05) is 31.6 Å². The maximum Gasteiger partial charge on any atom is 0.246 e. The highest BCUT2D eigenvalue weighted by atomic mass is 127. The summed E-state index contributed by atoms with van der Waals surface area (Å²) in [6.07, 6.45) is 1.99. The first kappa shape index (κ1) is 22.9. The molecule has 10 heteroatoms. The van der Waals surface area contributed by atoms with E-state index in [0.717, 1.165) is 31.9 Å². The number of nitrogens with one attached hydrogen (secondary N) is 2. The molecule has 0 radical (unpaired) electrons. The molecule has 2 N–H and O–H groups in total. The molecule has 2 aromatic heterocycles. The predicted octanol–water partition coefficient (Wildman–Crippen LogP) is 3.18. The SMILES string of the molecule is CCOC(C)c1noc(CNC(=NC)NC2CCN(c3cccs3)CC2)n1.I. The number of thiophene rings is 1. The Bertz CT molecular complexity index is 715. The first-order chi connectivity index (χ1) is 13.2. The predicted molar refractivity (Wildman–Crippen MR) is 123 cm³/mol. The summed E-state index contributed by atoms with van der Waals surface area (Å²) in [6, 6.07) is 4.70. The van der Waals surface area contributed by atoms with Crippen LogP contribution in [0.4, 0.5) is 5.00 Å². The third kappa shape index (κ3) is 6.31. The van der Waals surface area contributed by atoms with Gasteiger partial charge < -0.3 is 24.8 Å². The van der Waals surface area contributed by atoms with Gasteiger partial charge in [0.1, 0.15) is 6.10 Å². The van der Waals surface area contributed by atoms with E-state index in [9.17, 15) is 0 Å². The minimum atomic E-state index is -0.168. The largest absolute Gasteiger partial charge is 0.371 e. The third-order valence-electron chi connectivity index (χ3n) is 4.55. The van der Waals surface area contributed by atoms with Gasteiger partial charge in [-0.3, -0.25) is 4.99 Å². The Labute approximate surface area is 187 Å². The van der Waals surface area contributed by atoms with Gasteiger partial charge >= 0.3 is 0 Å². The number of hydrogen-bond acceptors (Lipinski definition) is 7. The highest BCUT2D eigenvalue weighted by molar-refractivity contribution is 14.0. The topological polar surface area (TPSA) is 87.8 Å². The molecule has 0 bridgehead atoms. The second-order valence-electron chi connectivity index (χ2n) is 6.43. The fraction of sp³-hybridized carbons (Fsp3) is 0.611. The van der Waals surface area contributed by atoms with E-state index in [2.05, 4.69) is 48.2 Å². The molecule has 8 nitrogen and oxygen atoms in total. The number of halogens is 1. The molecule has 3 rings (SSSR count). The molecule has 0 amide bonds. The van der Waals surface area contributed by atoms with Gasteiger partial charge in [0, 0.05) is 32.8 Å². The van der Waals surface area contributed by atoms with Crippen molar-refractivity contribution in [1.29, 1.82) is 0 Å². The van der Waals surface area contributed by atoms with Crippen molar-refractivity contribution in [2.45, 2.75) is 45.4 Å². The number of rotatable bonds is 7. The van der Waals surface area contributed by atoms with E-state index in [4.69, 9.17) is 9.26 Å². The molecule has 3 heterocycles. The Hall–Kier alpha value is -1.40. The van der Waals surface area contributed by atoms with Gasteiger partial charge in [0.05, 0.1) is 11.5 Å². The molecule has 0 aliphatic carbocycles. The molecular formula is C18H29IN6O2S. The zero-order chi connectivity index (χ0) is 19.1. The molecule has 2 aromatic rings. The van der Waals surface area contributed by atoms with Crippen LogP contribution in [-0.4, -0.2) is 48.9 Å². The fourth-order valence-corrected chi connectivity index (χ4v) is 3.86. The summed E-state index contributed by atoms with van der Waals surface area (Å²) in [5.74, 6) is 1.84. The molecule has 1 atom stereocenters. The van der Waals surface area contributed by atoms with Gasteiger partial charge in [-0.15, -0.1) is 35.3 Å². The quantitative estimate of drug-likeness (QED) is 0.330. The van der Waals surface area contributed by atoms with Crippen molar-refractivity contribution >= 4 is 46.3 Å². The number of piperidine rings is 1. The summed E-state index contributed by atoms with van der Waals surface area (Å²) in [7, 11) is 1.77. The highest BCUT2D eigenvalue weighted by Gasteiger charge is 2.21. The van der Waals surface area contributed by atoms with Crippen LogP contribution in [0.5, 0.6) is 0 Å². The smallest absolute Gasteiger partial charge is 0.246 e. The zero-order valence-electron chi connectivity index (χ0n) is 16.6. The second-order valence-corrected chi connectivity index (χ2v) is 7.35. The molecule has 1 aliphatic rings. The molecular weight excluding hydrogens is 491 g/mol. The number of anilines is 1. The zero-order valence-corrected chi connectivity index (χ0v) is 19.7. The number of guanidine groups is 1. The van der Waals surface area contributed by atoms with E-state index in [-0.39, 0.29) is 30.1 Å². The van der Waals surface area contributed by atoms with Crippen molar-refractivity contribution in [1.82, 2.24) is 20.8 Å². The third-order valence-corrected chi connectivity index (χ3v) is 5.48. The normalized spacial score (nSPS) is 16.5. The van der Waals surface area contributed by atoms with E-state index in [1.54, 1.807) is 18.4 Å². The van der Waals surface area contributed by atoms with Crippen LogP contribution in [0.2, 0.25) is 0 Å². The summed E-state index contributed by atoms with van der Waals surface area (Å²) < 4.78 is 10.8. The van der Waals surface area contributed by atoms with Crippen molar-refractivity contribution < 1.29 is 9.26 Å². The summed E-state index contributed by atoms with van der Waals surface area (Å²) >= 11 is 1.80. The minimum Gasteiger partial charge on any atom is -0.371 e. The van der Waals surface area contributed by atoms with E-state index in [0.29, 0.717) is 30.9 Å². The average Bonchev–Trinajstić information content (AvgIpc) is 3.38. The van der Waals surface area contributed by atoms with Crippen LogP contribution in [0.15, 0.2) is 27.0 Å². The first-order valence-electron chi connectivity index (χ1n) is 9.39. The number of ether oxygens (including phenoxy) is 1. The van der Waals surface area contributed by atoms with Crippen molar-refractivity contribution in [2.24, 2.45) is 4.99 Å². The summed E-state index contributed by atoms with van der Waals surface area (Å²) in [5.41, 5.74) is 0. The lowest BCUT2D eigenvalue weighted by Gasteiger charge is -2.33. The Morgan fingerprint density at radius 1 is 1.46 bits per heavy atom. The average molecular weight is 520 g/mol. The number of nitrogens with zero attached hydrogens (tertiary/aromatic N) is 4. The Kier molecular flexibility index (Phi) is 9.45. The molecule has 1 aliphatic heterocycles. The number of hydrogen-bond donors (Lipinski definition) is 2. The standard InChI is InChI=1S/C18H28N6O2S.HI/c1-4-25-13(2)17-22-15(26-23-17)12-20-18(19-3)21-14-7-9-24(10-8-14)16-6-5-11-27-16;/h5-6,11,13-14H,4,7-10,12H2,1-3H3,(H2,19,20,21);1H. The lowest BCUT2D eigenvalue weighted by molar-refractivity contribution is 0.0683. The molecule has 28 heavy (non-hydrogen) atoms. The van der Waals surface area contributed by atoms with Crippen molar-refractivity contribution in [3.05, 3.63) is 29.2 Å². The van der Waals surface area contributed by atoms with Crippen LogP contribution in [0.3, 0.4) is 0 Å². The lowest BCUT2D eigenvalue weighted by atomic mass is 10.1. The monoisotopic (exact) mass is 520 g/mol. The Morgan fingerprint density at radius 3 is 2.89 bits per heavy atom. The van der Waals surface area contributed by atoms with Gasteiger partial charge in [-0.2, -0.15) is 4.98 Å². The van der Waals surface area contributed by atoms with Gasteiger partial charge in [0.25, 0.3) is 0 Å². The highest BCUT2D eigenvalue weighted by Crippen LogP contribution is 2.24. The molecule has 1 saturated heterocycles. The van der Waals surface area contributed by atoms with Crippen LogP contribution in [-0.2, 0) is 11.3 Å². The van der Waals surface area contributed by atoms with Crippen LogP contribution in [0, 0.1) is 0 Å². The summed E-state index contributed by atoms with van der Waals surface area (Å²) in [5, 5.41) is 14.2. The summed E-state index contributed by atoms with van der Waals surface area (Å²) in [4.78, 5) is 11.1. The molecule has 156 valence electrons. The number of aromatic nitrogens is 2. The van der Waals surface area contributed by atoms with Gasteiger partial charge in [0.2, 0.25) is 5.89 Å². The van der Waals surface area contributed by atoms with E-state index in [1.807, 2.05) is 13.8 Å². The second kappa shape index (κ2) is 11.6. The fourth-order valence-electron chi connectivity index (χ4n) is 3.07. The lowest BCUT2D eigenvalue weighted by Crippen LogP contribution is -2.48. The molecule has 0 saturated carbocycles. The van der Waals surface area contributed by atoms with E-state index in [1.165, 1.54) is 5.00 Å². The maximum absolute atomic E-state index is 5.48. The van der Waals surface area contributed by atoms with E-state index >= 15 is 0 Å². The maximum atomic E-state index is 5.48. The summed E-state index contributed by atoms with van der Waals surface area (Å²) in [6.45, 7) is 7.01.